The van der Waals surface area contributed by atoms with E-state index in [-0.39, 0.29) is 37.3 Å². The molecule has 5 nitrogen and oxygen atoms in total. The molecule has 1 heterocycles. The van der Waals surface area contributed by atoms with Gasteiger partial charge in [0.25, 0.3) is 0 Å². The number of piperidine rings is 1. The molecule has 0 aromatic rings. The van der Waals surface area contributed by atoms with Gasteiger partial charge in [0.1, 0.15) is 0 Å². The summed E-state index contributed by atoms with van der Waals surface area (Å²) in [5.74, 6) is -0.232. The zero-order valence-corrected chi connectivity index (χ0v) is 12.8. The fourth-order valence-electron chi connectivity index (χ4n) is 3.49. The summed E-state index contributed by atoms with van der Waals surface area (Å²) >= 11 is 0. The highest BCUT2D eigenvalue weighted by Gasteiger charge is 2.37. The fourth-order valence-corrected chi connectivity index (χ4v) is 3.49. The Bertz CT molecular complexity index is 338. The molecule has 116 valence electrons. The monoisotopic (exact) mass is 303 g/mol. The lowest BCUT2D eigenvalue weighted by molar-refractivity contribution is -0.136. The highest BCUT2D eigenvalue weighted by atomic mass is 35.5. The van der Waals surface area contributed by atoms with E-state index < -0.39 is 0 Å². The van der Waals surface area contributed by atoms with E-state index in [1.54, 1.807) is 0 Å². The molecule has 2 fully saturated rings. The van der Waals surface area contributed by atoms with Gasteiger partial charge in [-0.05, 0) is 31.1 Å². The Labute approximate surface area is 127 Å². The van der Waals surface area contributed by atoms with Gasteiger partial charge in [0.2, 0.25) is 11.8 Å². The molecule has 0 atom stereocenters. The minimum Gasteiger partial charge on any atom is -0.346 e. The van der Waals surface area contributed by atoms with E-state index in [0.717, 1.165) is 19.5 Å². The number of nitrogens with two attached hydrogens (primary N) is 1. The van der Waals surface area contributed by atoms with Crippen LogP contribution in [0, 0.1) is 5.41 Å². The second-order valence-corrected chi connectivity index (χ2v) is 5.96. The minimum atomic E-state index is -0.266. The van der Waals surface area contributed by atoms with Crippen molar-refractivity contribution in [1.82, 2.24) is 10.2 Å². The van der Waals surface area contributed by atoms with Crippen molar-refractivity contribution < 1.29 is 9.59 Å². The van der Waals surface area contributed by atoms with Gasteiger partial charge in [-0.25, -0.2) is 0 Å². The van der Waals surface area contributed by atoms with Crippen LogP contribution in [0.5, 0.6) is 0 Å². The van der Waals surface area contributed by atoms with Gasteiger partial charge in [0.05, 0.1) is 13.1 Å². The summed E-state index contributed by atoms with van der Waals surface area (Å²) in [4.78, 5) is 25.1. The molecule has 2 aliphatic rings. The lowest BCUT2D eigenvalue weighted by Crippen LogP contribution is -2.50. The van der Waals surface area contributed by atoms with Crippen molar-refractivity contribution in [1.29, 1.82) is 0 Å². The van der Waals surface area contributed by atoms with Crippen molar-refractivity contribution in [2.24, 2.45) is 11.1 Å². The molecule has 1 saturated heterocycles. The van der Waals surface area contributed by atoms with Crippen LogP contribution in [0.15, 0.2) is 0 Å². The number of carbonyl (C=O) groups is 2. The van der Waals surface area contributed by atoms with E-state index in [2.05, 4.69) is 5.32 Å². The largest absolute Gasteiger partial charge is 0.346 e. The molecule has 1 aliphatic heterocycles. The maximum atomic E-state index is 12.1. The molecule has 1 saturated carbocycles. The normalized spacial score (nSPS) is 21.1. The van der Waals surface area contributed by atoms with Crippen molar-refractivity contribution in [3.8, 4) is 0 Å². The molecule has 0 aromatic heterocycles. The fraction of sp³-hybridized carbons (Fsp3) is 0.857. The quantitative estimate of drug-likeness (QED) is 0.818. The Morgan fingerprint density at radius 3 is 2.40 bits per heavy atom. The number of halogens is 1. The van der Waals surface area contributed by atoms with Crippen molar-refractivity contribution in [3.63, 3.8) is 0 Å². The third-order valence-electron chi connectivity index (χ3n) is 4.55. The second kappa shape index (κ2) is 7.84. The van der Waals surface area contributed by atoms with E-state index in [1.165, 1.54) is 38.5 Å². The third kappa shape index (κ3) is 4.35. The molecule has 0 aromatic carbocycles. The van der Waals surface area contributed by atoms with Gasteiger partial charge in [-0.3, -0.25) is 9.59 Å². The van der Waals surface area contributed by atoms with Crippen LogP contribution < -0.4 is 11.1 Å². The Kier molecular flexibility index (Phi) is 6.76. The zero-order chi connectivity index (χ0) is 13.7. The number of hydrogen-bond acceptors (Lipinski definition) is 3. The number of hydrogen-bond donors (Lipinski definition) is 2. The van der Waals surface area contributed by atoms with Gasteiger partial charge in [-0.1, -0.05) is 19.3 Å². The van der Waals surface area contributed by atoms with Crippen LogP contribution in [-0.2, 0) is 9.59 Å². The molecule has 20 heavy (non-hydrogen) atoms. The SMILES string of the molecule is Cl.NCC(=O)NCC(=O)N1CCCC2(CCCCC2)C1. The molecule has 2 rings (SSSR count). The standard InChI is InChI=1S/C14H25N3O2.ClH/c15-9-12(18)16-10-13(19)17-8-4-7-14(11-17)5-2-1-3-6-14;/h1-11,15H2,(H,16,18);1H. The van der Waals surface area contributed by atoms with Crippen LogP contribution in [-0.4, -0.2) is 42.9 Å². The van der Waals surface area contributed by atoms with E-state index in [4.69, 9.17) is 5.73 Å². The summed E-state index contributed by atoms with van der Waals surface area (Å²) < 4.78 is 0. The highest BCUT2D eigenvalue weighted by Crippen LogP contribution is 2.43. The van der Waals surface area contributed by atoms with Crippen molar-refractivity contribution in [2.45, 2.75) is 44.9 Å². The molecule has 0 unspecified atom stereocenters. The van der Waals surface area contributed by atoms with Crippen LogP contribution in [0.25, 0.3) is 0 Å². The molecule has 3 N–H and O–H groups in total. The van der Waals surface area contributed by atoms with E-state index in [9.17, 15) is 9.59 Å². The maximum Gasteiger partial charge on any atom is 0.241 e. The van der Waals surface area contributed by atoms with Gasteiger partial charge in [0, 0.05) is 13.1 Å². The third-order valence-corrected chi connectivity index (χ3v) is 4.55. The summed E-state index contributed by atoms with van der Waals surface area (Å²) in [7, 11) is 0. The Morgan fingerprint density at radius 1 is 1.10 bits per heavy atom. The molecule has 6 heteroatoms. The molecule has 1 spiro atoms. The summed E-state index contributed by atoms with van der Waals surface area (Å²) in [6, 6.07) is 0. The average Bonchev–Trinajstić information content (AvgIpc) is 2.45. The predicted octanol–water partition coefficient (Wildman–Crippen LogP) is 1.06. The first-order valence-electron chi connectivity index (χ1n) is 7.40. The van der Waals surface area contributed by atoms with Gasteiger partial charge < -0.3 is 16.0 Å². The summed E-state index contributed by atoms with van der Waals surface area (Å²) in [5, 5.41) is 2.57. The number of amides is 2. The van der Waals surface area contributed by atoms with Gasteiger partial charge in [-0.15, -0.1) is 12.4 Å². The van der Waals surface area contributed by atoms with Crippen molar-refractivity contribution in [3.05, 3.63) is 0 Å². The summed E-state index contributed by atoms with van der Waals surface area (Å²) in [6.45, 7) is 1.74. The van der Waals surface area contributed by atoms with Crippen molar-refractivity contribution in [2.75, 3.05) is 26.2 Å². The molecule has 1 aliphatic carbocycles. The van der Waals surface area contributed by atoms with Crippen LogP contribution >= 0.6 is 12.4 Å². The zero-order valence-electron chi connectivity index (χ0n) is 12.0. The Balaban J connectivity index is 0.00000200. The maximum absolute atomic E-state index is 12.1. The minimum absolute atomic E-state index is 0. The highest BCUT2D eigenvalue weighted by molar-refractivity contribution is 5.85. The van der Waals surface area contributed by atoms with Crippen molar-refractivity contribution >= 4 is 24.2 Å². The molecular formula is C14H26ClN3O2. The van der Waals surface area contributed by atoms with Crippen LogP contribution in [0.3, 0.4) is 0 Å². The number of rotatable bonds is 3. The van der Waals surface area contributed by atoms with E-state index >= 15 is 0 Å². The van der Waals surface area contributed by atoms with Crippen LogP contribution in [0.1, 0.15) is 44.9 Å². The van der Waals surface area contributed by atoms with Gasteiger partial charge in [-0.2, -0.15) is 0 Å². The molecule has 0 bridgehead atoms. The Morgan fingerprint density at radius 2 is 1.75 bits per heavy atom. The number of nitrogens with zero attached hydrogens (tertiary/aromatic N) is 1. The predicted molar refractivity (Wildman–Crippen MR) is 80.6 cm³/mol. The summed E-state index contributed by atoms with van der Waals surface area (Å²) in [5.41, 5.74) is 5.58. The first-order valence-corrected chi connectivity index (χ1v) is 7.40. The van der Waals surface area contributed by atoms with Crippen LogP contribution in [0.2, 0.25) is 0 Å². The number of carbonyl (C=O) groups excluding carboxylic acids is 2. The molecule has 0 radical (unpaired) electrons. The topological polar surface area (TPSA) is 75.4 Å². The molecule has 2 amide bonds. The van der Waals surface area contributed by atoms with Gasteiger partial charge >= 0.3 is 0 Å². The van der Waals surface area contributed by atoms with E-state index in [0.29, 0.717) is 5.41 Å². The first-order chi connectivity index (χ1) is 9.15. The Hall–Kier alpha value is -0.810. The van der Waals surface area contributed by atoms with E-state index in [1.807, 2.05) is 4.90 Å². The lowest BCUT2D eigenvalue weighted by Gasteiger charge is -2.45. The second-order valence-electron chi connectivity index (χ2n) is 5.96. The number of likely N-dealkylation sites (tertiary alicyclic amines) is 1. The summed E-state index contributed by atoms with van der Waals surface area (Å²) in [6.07, 6.45) is 8.79. The van der Waals surface area contributed by atoms with Gasteiger partial charge in [0.15, 0.2) is 0 Å². The first kappa shape index (κ1) is 17.2. The average molecular weight is 304 g/mol. The smallest absolute Gasteiger partial charge is 0.241 e. The van der Waals surface area contributed by atoms with Crippen LogP contribution in [0.4, 0.5) is 0 Å². The molecular weight excluding hydrogens is 278 g/mol. The number of nitrogens with one attached hydrogen (secondary N) is 1. The lowest BCUT2D eigenvalue weighted by atomic mass is 9.69.